The molecule has 2 aliphatic heterocycles. The van der Waals surface area contributed by atoms with Gasteiger partial charge in [0.05, 0.1) is 24.5 Å². The molecule has 0 radical (unpaired) electrons. The Hall–Kier alpha value is -2.43. The number of sulfonamides is 1. The van der Waals surface area contributed by atoms with E-state index in [0.29, 0.717) is 11.1 Å². The second-order valence-electron chi connectivity index (χ2n) is 7.78. The van der Waals surface area contributed by atoms with E-state index in [1.807, 2.05) is 0 Å². The number of hydrogen-bond acceptors (Lipinski definition) is 4. The maximum absolute atomic E-state index is 14.1. The van der Waals surface area contributed by atoms with Gasteiger partial charge in [0.15, 0.2) is 0 Å². The average Bonchev–Trinajstić information content (AvgIpc) is 3.04. The van der Waals surface area contributed by atoms with Crippen molar-refractivity contribution in [1.82, 2.24) is 9.21 Å². The van der Waals surface area contributed by atoms with Gasteiger partial charge in [-0.3, -0.25) is 4.79 Å². The summed E-state index contributed by atoms with van der Waals surface area (Å²) < 4.78 is 74.7. The van der Waals surface area contributed by atoms with Crippen LogP contribution in [0.15, 0.2) is 36.4 Å². The van der Waals surface area contributed by atoms with E-state index in [1.54, 1.807) is 13.0 Å². The van der Waals surface area contributed by atoms with E-state index in [-0.39, 0.29) is 32.0 Å². The Morgan fingerprint density at radius 3 is 2.52 bits per heavy atom. The average molecular weight is 454 g/mol. The van der Waals surface area contributed by atoms with Gasteiger partial charge in [-0.2, -0.15) is 4.31 Å². The molecule has 31 heavy (non-hydrogen) atoms. The molecular formula is C21H21F3N2O4S. The van der Waals surface area contributed by atoms with Crippen LogP contribution in [0.1, 0.15) is 21.5 Å². The number of amides is 1. The van der Waals surface area contributed by atoms with Gasteiger partial charge in [0.1, 0.15) is 23.0 Å². The lowest BCUT2D eigenvalue weighted by Gasteiger charge is -2.28. The molecule has 0 unspecified atom stereocenters. The molecular weight excluding hydrogens is 433 g/mol. The first-order chi connectivity index (χ1) is 14.7. The minimum absolute atomic E-state index is 0.00846. The number of fused-ring (bicyclic) bond motifs is 1. The summed E-state index contributed by atoms with van der Waals surface area (Å²) in [6.07, 6.45) is -0.661. The highest BCUT2D eigenvalue weighted by atomic mass is 32.2. The predicted octanol–water partition coefficient (Wildman–Crippen LogP) is 2.47. The molecule has 4 rings (SSSR count). The van der Waals surface area contributed by atoms with E-state index in [4.69, 9.17) is 4.74 Å². The standard InChI is InChI=1S/C21H21F3N2O4S/c1-13-7-14(9-15(22)8-13)10-26-18-11-25(12-19(18)30-5-6-31(26,28)29)21(27)20-16(23)3-2-4-17(20)24/h2-4,7-9,18-19H,5-6,10-12H2,1H3/t18-,19+/m1/s1. The number of carbonyl (C=O) groups is 1. The highest BCUT2D eigenvalue weighted by molar-refractivity contribution is 7.89. The topological polar surface area (TPSA) is 66.9 Å². The van der Waals surface area contributed by atoms with Crippen molar-refractivity contribution >= 4 is 15.9 Å². The van der Waals surface area contributed by atoms with Gasteiger partial charge in [0.25, 0.3) is 5.91 Å². The van der Waals surface area contributed by atoms with Crippen LogP contribution >= 0.6 is 0 Å². The Labute approximate surface area is 178 Å². The van der Waals surface area contributed by atoms with Gasteiger partial charge >= 0.3 is 0 Å². The molecule has 2 fully saturated rings. The summed E-state index contributed by atoms with van der Waals surface area (Å²) in [5.74, 6) is -3.57. The van der Waals surface area contributed by atoms with Gasteiger partial charge in [0, 0.05) is 19.6 Å². The van der Waals surface area contributed by atoms with Gasteiger partial charge in [-0.1, -0.05) is 12.1 Å². The smallest absolute Gasteiger partial charge is 0.259 e. The predicted molar refractivity (Wildman–Crippen MR) is 106 cm³/mol. The molecule has 2 aromatic rings. The van der Waals surface area contributed by atoms with E-state index in [2.05, 4.69) is 0 Å². The van der Waals surface area contributed by atoms with Crippen molar-refractivity contribution in [2.24, 2.45) is 0 Å². The summed E-state index contributed by atoms with van der Waals surface area (Å²) in [5.41, 5.74) is 0.425. The Morgan fingerprint density at radius 1 is 1.13 bits per heavy atom. The van der Waals surface area contributed by atoms with E-state index < -0.39 is 51.1 Å². The molecule has 0 aromatic heterocycles. The van der Waals surface area contributed by atoms with Crippen molar-refractivity contribution in [3.05, 3.63) is 70.5 Å². The largest absolute Gasteiger partial charge is 0.374 e. The van der Waals surface area contributed by atoms with E-state index in [9.17, 15) is 26.4 Å². The van der Waals surface area contributed by atoms with Crippen molar-refractivity contribution in [3.63, 3.8) is 0 Å². The fourth-order valence-electron chi connectivity index (χ4n) is 4.15. The van der Waals surface area contributed by atoms with Crippen LogP contribution in [0.5, 0.6) is 0 Å². The zero-order valence-corrected chi connectivity index (χ0v) is 17.5. The first-order valence-corrected chi connectivity index (χ1v) is 11.4. The monoisotopic (exact) mass is 454 g/mol. The van der Waals surface area contributed by atoms with Gasteiger partial charge in [-0.05, 0) is 42.3 Å². The molecule has 0 spiro atoms. The third-order valence-electron chi connectivity index (χ3n) is 5.54. The first-order valence-electron chi connectivity index (χ1n) is 9.76. The lowest BCUT2D eigenvalue weighted by atomic mass is 10.1. The van der Waals surface area contributed by atoms with Crippen LogP contribution in [0.2, 0.25) is 0 Å². The van der Waals surface area contributed by atoms with Gasteiger partial charge in [-0.15, -0.1) is 0 Å². The number of benzene rings is 2. The summed E-state index contributed by atoms with van der Waals surface area (Å²) in [6, 6.07) is 6.67. The molecule has 2 atom stereocenters. The number of rotatable bonds is 3. The number of ether oxygens (including phenoxy) is 1. The maximum atomic E-state index is 14.1. The van der Waals surface area contributed by atoms with Gasteiger partial charge in [0.2, 0.25) is 10.0 Å². The van der Waals surface area contributed by atoms with Gasteiger partial charge in [-0.25, -0.2) is 21.6 Å². The number of likely N-dealkylation sites (tertiary alicyclic amines) is 1. The Kier molecular flexibility index (Phi) is 5.80. The molecule has 2 heterocycles. The molecule has 2 aliphatic rings. The minimum atomic E-state index is -3.77. The van der Waals surface area contributed by atoms with Crippen molar-refractivity contribution in [2.45, 2.75) is 25.6 Å². The quantitative estimate of drug-likeness (QED) is 0.715. The van der Waals surface area contributed by atoms with Crippen LogP contribution in [0.25, 0.3) is 0 Å². The third kappa shape index (κ3) is 4.32. The second-order valence-corrected chi connectivity index (χ2v) is 9.82. The second kappa shape index (κ2) is 8.25. The molecule has 1 amide bonds. The normalized spacial score (nSPS) is 23.4. The molecule has 2 aromatic carbocycles. The fraction of sp³-hybridized carbons (Fsp3) is 0.381. The maximum Gasteiger partial charge on any atom is 0.259 e. The van der Waals surface area contributed by atoms with Crippen molar-refractivity contribution in [3.8, 4) is 0 Å². The Balaban J connectivity index is 1.64. The van der Waals surface area contributed by atoms with E-state index in [0.717, 1.165) is 18.2 Å². The number of aryl methyl sites for hydroxylation is 1. The van der Waals surface area contributed by atoms with Crippen molar-refractivity contribution < 1.29 is 31.1 Å². The zero-order valence-electron chi connectivity index (χ0n) is 16.7. The number of nitrogens with zero attached hydrogens (tertiary/aromatic N) is 2. The summed E-state index contributed by atoms with van der Waals surface area (Å²) in [7, 11) is -3.77. The van der Waals surface area contributed by atoms with Crippen molar-refractivity contribution in [2.75, 3.05) is 25.4 Å². The molecule has 2 saturated heterocycles. The lowest BCUT2D eigenvalue weighted by molar-refractivity contribution is 0.0444. The van der Waals surface area contributed by atoms with Gasteiger partial charge < -0.3 is 9.64 Å². The van der Waals surface area contributed by atoms with Crippen molar-refractivity contribution in [1.29, 1.82) is 0 Å². The Morgan fingerprint density at radius 2 is 1.84 bits per heavy atom. The zero-order chi connectivity index (χ0) is 22.3. The number of carbonyl (C=O) groups excluding carboxylic acids is 1. The summed E-state index contributed by atoms with van der Waals surface area (Å²) >= 11 is 0. The fourth-order valence-corrected chi connectivity index (χ4v) is 5.65. The third-order valence-corrected chi connectivity index (χ3v) is 7.34. The van der Waals surface area contributed by atoms with Crippen LogP contribution < -0.4 is 0 Å². The highest BCUT2D eigenvalue weighted by Gasteiger charge is 2.46. The van der Waals surface area contributed by atoms with E-state index >= 15 is 0 Å². The summed E-state index contributed by atoms with van der Waals surface area (Å²) in [5, 5.41) is 0. The van der Waals surface area contributed by atoms with Crippen LogP contribution in [0.4, 0.5) is 13.2 Å². The molecule has 6 nitrogen and oxygen atoms in total. The molecule has 0 aliphatic carbocycles. The molecule has 10 heteroatoms. The van der Waals surface area contributed by atoms with E-state index in [1.165, 1.54) is 21.3 Å². The highest BCUT2D eigenvalue weighted by Crippen LogP contribution is 2.29. The molecule has 166 valence electrons. The lowest BCUT2D eigenvalue weighted by Crippen LogP contribution is -2.45. The summed E-state index contributed by atoms with van der Waals surface area (Å²) in [4.78, 5) is 14.0. The van der Waals surface area contributed by atoms with Crippen LogP contribution in [0, 0.1) is 24.4 Å². The first kappa shape index (κ1) is 21.8. The minimum Gasteiger partial charge on any atom is -0.374 e. The number of hydrogen-bond donors (Lipinski definition) is 0. The molecule has 0 N–H and O–H groups in total. The van der Waals surface area contributed by atoms with Crippen LogP contribution in [0.3, 0.4) is 0 Å². The SMILES string of the molecule is Cc1cc(F)cc(CN2[C@@H]3CN(C(=O)c4c(F)cccc4F)C[C@@H]3OCCS2(=O)=O)c1. The van der Waals surface area contributed by atoms with Crippen LogP contribution in [-0.4, -0.2) is 61.1 Å². The van der Waals surface area contributed by atoms with Crippen LogP contribution in [-0.2, 0) is 21.3 Å². The Bertz CT molecular complexity index is 1090. The number of halogens is 3. The molecule has 0 bridgehead atoms. The summed E-state index contributed by atoms with van der Waals surface area (Å²) in [6.45, 7) is 1.43. The molecule has 0 saturated carbocycles.